The molecule has 0 aliphatic carbocycles. The van der Waals surface area contributed by atoms with Crippen molar-refractivity contribution in [3.05, 3.63) is 63.8 Å². The molecule has 2 N–H and O–H groups in total. The highest BCUT2D eigenvalue weighted by atomic mass is 32.1. The molecule has 1 amide bonds. The van der Waals surface area contributed by atoms with Gasteiger partial charge in [-0.25, -0.2) is 4.98 Å². The van der Waals surface area contributed by atoms with Gasteiger partial charge in [-0.3, -0.25) is 4.79 Å². The molecule has 0 aliphatic heterocycles. The molecule has 0 fully saturated rings. The maximum atomic E-state index is 12.3. The molecule has 0 spiro atoms. The van der Waals surface area contributed by atoms with Gasteiger partial charge in [0.05, 0.1) is 0 Å². The van der Waals surface area contributed by atoms with Gasteiger partial charge in [0, 0.05) is 29.0 Å². The van der Waals surface area contributed by atoms with Gasteiger partial charge in [-0.1, -0.05) is 36.4 Å². The lowest BCUT2D eigenvalue weighted by atomic mass is 10.00. The fourth-order valence-corrected chi connectivity index (χ4v) is 4.36. The zero-order valence-electron chi connectivity index (χ0n) is 13.7. The van der Waals surface area contributed by atoms with E-state index < -0.39 is 0 Å². The summed E-state index contributed by atoms with van der Waals surface area (Å²) in [5, 5.41) is 16.9. The molecule has 0 radical (unpaired) electrons. The number of hydrogen-bond donors (Lipinski definition) is 2. The summed E-state index contributed by atoms with van der Waals surface area (Å²) in [5.41, 5.74) is 1.48. The Morgan fingerprint density at radius 3 is 2.68 bits per heavy atom. The maximum absolute atomic E-state index is 12.3. The van der Waals surface area contributed by atoms with Crippen LogP contribution in [0, 0.1) is 0 Å². The number of thiazole rings is 1. The summed E-state index contributed by atoms with van der Waals surface area (Å²) >= 11 is 3.17. The molecule has 2 aromatic heterocycles. The molecule has 3 aromatic rings. The smallest absolute Gasteiger partial charge is 0.270 e. The molecule has 130 valence electrons. The summed E-state index contributed by atoms with van der Waals surface area (Å²) in [4.78, 5) is 18.0. The first-order chi connectivity index (χ1) is 12.3. The molecule has 0 saturated heterocycles. The van der Waals surface area contributed by atoms with Gasteiger partial charge in [-0.15, -0.1) is 22.7 Å². The SMILES string of the molecule is O=C(NCC[C@H](CCO)c1cccs1)c1csc(-c2ccccc2)n1. The monoisotopic (exact) mass is 372 g/mol. The third kappa shape index (κ3) is 4.75. The Bertz CT molecular complexity index is 785. The Morgan fingerprint density at radius 2 is 1.96 bits per heavy atom. The minimum Gasteiger partial charge on any atom is -0.396 e. The minimum absolute atomic E-state index is 0.146. The van der Waals surface area contributed by atoms with Crippen LogP contribution < -0.4 is 5.32 Å². The molecular formula is C19H20N2O2S2. The highest BCUT2D eigenvalue weighted by molar-refractivity contribution is 7.13. The third-order valence-electron chi connectivity index (χ3n) is 3.96. The molecule has 0 saturated carbocycles. The van der Waals surface area contributed by atoms with Gasteiger partial charge in [-0.2, -0.15) is 0 Å². The summed E-state index contributed by atoms with van der Waals surface area (Å²) in [5.74, 6) is 0.132. The van der Waals surface area contributed by atoms with Gasteiger partial charge >= 0.3 is 0 Å². The second-order valence-corrected chi connectivity index (χ2v) is 7.51. The fourth-order valence-electron chi connectivity index (χ4n) is 2.65. The number of carbonyl (C=O) groups is 1. The Balaban J connectivity index is 1.55. The third-order valence-corrected chi connectivity index (χ3v) is 5.89. The van der Waals surface area contributed by atoms with E-state index in [2.05, 4.69) is 16.4 Å². The van der Waals surface area contributed by atoms with Crippen LogP contribution in [0.5, 0.6) is 0 Å². The molecule has 4 nitrogen and oxygen atoms in total. The van der Waals surface area contributed by atoms with Crippen molar-refractivity contribution in [2.45, 2.75) is 18.8 Å². The Kier molecular flexibility index (Phi) is 6.33. The second-order valence-electron chi connectivity index (χ2n) is 5.67. The number of aliphatic hydroxyl groups excluding tert-OH is 1. The van der Waals surface area contributed by atoms with E-state index in [0.717, 1.165) is 17.0 Å². The largest absolute Gasteiger partial charge is 0.396 e. The predicted octanol–water partition coefficient (Wildman–Crippen LogP) is 4.16. The van der Waals surface area contributed by atoms with Crippen LogP contribution in [0.1, 0.15) is 34.1 Å². The lowest BCUT2D eigenvalue weighted by Gasteiger charge is -2.14. The number of benzene rings is 1. The fraction of sp³-hybridized carbons (Fsp3) is 0.263. The lowest BCUT2D eigenvalue weighted by molar-refractivity contribution is 0.0948. The van der Waals surface area contributed by atoms with Crippen LogP contribution in [0.3, 0.4) is 0 Å². The maximum Gasteiger partial charge on any atom is 0.270 e. The normalized spacial score (nSPS) is 12.0. The van der Waals surface area contributed by atoms with E-state index in [1.54, 1.807) is 16.7 Å². The number of carbonyl (C=O) groups excluding carboxylic acids is 1. The van der Waals surface area contributed by atoms with Crippen molar-refractivity contribution < 1.29 is 9.90 Å². The summed E-state index contributed by atoms with van der Waals surface area (Å²) < 4.78 is 0. The van der Waals surface area contributed by atoms with E-state index in [0.29, 0.717) is 18.7 Å². The molecule has 2 heterocycles. The van der Waals surface area contributed by atoms with Gasteiger partial charge in [0.25, 0.3) is 5.91 Å². The van der Waals surface area contributed by atoms with E-state index in [1.807, 2.05) is 41.8 Å². The molecule has 1 atom stereocenters. The van der Waals surface area contributed by atoms with Crippen LogP contribution >= 0.6 is 22.7 Å². The van der Waals surface area contributed by atoms with Crippen molar-refractivity contribution in [2.75, 3.05) is 13.2 Å². The summed E-state index contributed by atoms with van der Waals surface area (Å²) in [6.07, 6.45) is 1.52. The number of aromatic nitrogens is 1. The van der Waals surface area contributed by atoms with Gasteiger partial charge in [0.15, 0.2) is 0 Å². The Labute approximate surface area is 155 Å². The first kappa shape index (κ1) is 17.8. The minimum atomic E-state index is -0.146. The van der Waals surface area contributed by atoms with Crippen molar-refractivity contribution in [2.24, 2.45) is 0 Å². The van der Waals surface area contributed by atoms with Gasteiger partial charge in [-0.05, 0) is 30.2 Å². The number of nitrogens with one attached hydrogen (secondary N) is 1. The second kappa shape index (κ2) is 8.89. The van der Waals surface area contributed by atoms with Gasteiger partial charge in [0.2, 0.25) is 0 Å². The molecule has 0 aliphatic rings. The molecule has 1 aromatic carbocycles. The average molecular weight is 373 g/mol. The quantitative estimate of drug-likeness (QED) is 0.624. The van der Waals surface area contributed by atoms with E-state index in [1.165, 1.54) is 16.2 Å². The molecule has 3 rings (SSSR count). The van der Waals surface area contributed by atoms with E-state index in [-0.39, 0.29) is 18.4 Å². The Hall–Kier alpha value is -2.02. The number of amides is 1. The van der Waals surface area contributed by atoms with Crippen molar-refractivity contribution in [3.8, 4) is 10.6 Å². The number of thiophene rings is 1. The highest BCUT2D eigenvalue weighted by Crippen LogP contribution is 2.27. The molecule has 0 bridgehead atoms. The first-order valence-electron chi connectivity index (χ1n) is 8.21. The van der Waals surface area contributed by atoms with Crippen molar-refractivity contribution >= 4 is 28.6 Å². The standard InChI is InChI=1S/C19H20N2O2S2/c22-11-9-14(17-7-4-12-24-17)8-10-20-18(23)16-13-25-19(21-16)15-5-2-1-3-6-15/h1-7,12-14,22H,8-11H2,(H,20,23)/t14-/m1/s1. The van der Waals surface area contributed by atoms with Crippen LogP contribution in [0.25, 0.3) is 10.6 Å². The number of nitrogens with zero attached hydrogens (tertiary/aromatic N) is 1. The average Bonchev–Trinajstić information content (AvgIpc) is 3.33. The molecular weight excluding hydrogens is 352 g/mol. The summed E-state index contributed by atoms with van der Waals surface area (Å²) in [7, 11) is 0. The highest BCUT2D eigenvalue weighted by Gasteiger charge is 2.15. The predicted molar refractivity (Wildman–Crippen MR) is 103 cm³/mol. The van der Waals surface area contributed by atoms with Gasteiger partial charge in [0.1, 0.15) is 10.7 Å². The molecule has 25 heavy (non-hydrogen) atoms. The zero-order valence-corrected chi connectivity index (χ0v) is 15.4. The van der Waals surface area contributed by atoms with Crippen LogP contribution in [0.2, 0.25) is 0 Å². The summed E-state index contributed by atoms with van der Waals surface area (Å²) in [6, 6.07) is 14.0. The summed E-state index contributed by atoms with van der Waals surface area (Å²) in [6.45, 7) is 0.725. The van der Waals surface area contributed by atoms with E-state index in [4.69, 9.17) is 0 Å². The van der Waals surface area contributed by atoms with Crippen LogP contribution in [-0.2, 0) is 0 Å². The van der Waals surface area contributed by atoms with Crippen molar-refractivity contribution in [1.82, 2.24) is 10.3 Å². The van der Waals surface area contributed by atoms with Crippen LogP contribution in [-0.4, -0.2) is 29.1 Å². The first-order valence-corrected chi connectivity index (χ1v) is 9.97. The molecule has 0 unspecified atom stereocenters. The molecule has 6 heteroatoms. The Morgan fingerprint density at radius 1 is 1.12 bits per heavy atom. The number of hydrogen-bond acceptors (Lipinski definition) is 5. The van der Waals surface area contributed by atoms with Crippen molar-refractivity contribution in [1.29, 1.82) is 0 Å². The zero-order chi connectivity index (χ0) is 17.5. The van der Waals surface area contributed by atoms with Gasteiger partial charge < -0.3 is 10.4 Å². The number of aliphatic hydroxyl groups is 1. The van der Waals surface area contributed by atoms with Crippen LogP contribution in [0.15, 0.2) is 53.2 Å². The van der Waals surface area contributed by atoms with Crippen LogP contribution in [0.4, 0.5) is 0 Å². The van der Waals surface area contributed by atoms with Crippen molar-refractivity contribution in [3.63, 3.8) is 0 Å². The van der Waals surface area contributed by atoms with E-state index in [9.17, 15) is 9.90 Å². The van der Waals surface area contributed by atoms with E-state index >= 15 is 0 Å². The number of rotatable bonds is 8. The lowest BCUT2D eigenvalue weighted by Crippen LogP contribution is -2.26. The topological polar surface area (TPSA) is 62.2 Å².